The molecule has 0 aliphatic rings. The maximum Gasteiger partial charge on any atom is 0.357 e. The highest BCUT2D eigenvalue weighted by atomic mass is 19.3. The van der Waals surface area contributed by atoms with Crippen LogP contribution in [0.4, 0.5) is 8.78 Å². The van der Waals surface area contributed by atoms with Crippen LogP contribution in [0.2, 0.25) is 0 Å². The number of carbonyl (C=O) groups excluding carboxylic acids is 1. The lowest BCUT2D eigenvalue weighted by atomic mass is 9.96. The zero-order valence-electron chi connectivity index (χ0n) is 10.4. The number of rotatable bonds is 5. The summed E-state index contributed by atoms with van der Waals surface area (Å²) >= 11 is 0. The highest BCUT2D eigenvalue weighted by molar-refractivity contribution is 5.89. The van der Waals surface area contributed by atoms with E-state index in [1.54, 1.807) is 13.0 Å². The molecule has 0 aliphatic heterocycles. The highest BCUT2D eigenvalue weighted by Gasteiger charge is 2.31. The average Bonchev–Trinajstić information content (AvgIpc) is 2.27. The van der Waals surface area contributed by atoms with Crippen LogP contribution >= 0.6 is 0 Å². The van der Waals surface area contributed by atoms with Gasteiger partial charge >= 0.3 is 12.6 Å². The molecule has 0 amide bonds. The third-order valence-corrected chi connectivity index (χ3v) is 2.31. The van der Waals surface area contributed by atoms with Crippen molar-refractivity contribution in [2.45, 2.75) is 33.0 Å². The first-order valence-electron chi connectivity index (χ1n) is 5.47. The molecule has 4 nitrogen and oxygen atoms in total. The van der Waals surface area contributed by atoms with E-state index in [1.807, 2.05) is 0 Å². The Labute approximate surface area is 104 Å². The van der Waals surface area contributed by atoms with Crippen LogP contribution in [0, 0.1) is 0 Å². The van der Waals surface area contributed by atoms with E-state index >= 15 is 0 Å². The molecule has 0 radical (unpaired) electrons. The molecule has 1 rings (SSSR count). The van der Waals surface area contributed by atoms with Crippen molar-refractivity contribution in [3.05, 3.63) is 29.6 Å². The van der Waals surface area contributed by atoms with E-state index in [0.717, 1.165) is 0 Å². The molecule has 6 heteroatoms. The monoisotopic (exact) mass is 259 g/mol. The van der Waals surface area contributed by atoms with Gasteiger partial charge in [-0.25, -0.2) is 9.78 Å². The summed E-state index contributed by atoms with van der Waals surface area (Å²) in [5.41, 5.74) is -1.07. The molecule has 0 aliphatic carbocycles. The first-order valence-corrected chi connectivity index (χ1v) is 5.47. The number of hydrogen-bond donors (Lipinski definition) is 0. The molecule has 1 aromatic rings. The lowest BCUT2D eigenvalue weighted by Gasteiger charge is -2.26. The number of nitrogens with zero attached hydrogens (tertiary/aromatic N) is 1. The van der Waals surface area contributed by atoms with Crippen LogP contribution < -0.4 is 0 Å². The second kappa shape index (κ2) is 5.86. The predicted molar refractivity (Wildman–Crippen MR) is 60.3 cm³/mol. The lowest BCUT2D eigenvalue weighted by Crippen LogP contribution is -2.28. The van der Waals surface area contributed by atoms with Crippen molar-refractivity contribution in [2.24, 2.45) is 0 Å². The maximum absolute atomic E-state index is 12.3. The number of alkyl halides is 2. The molecule has 0 saturated carbocycles. The van der Waals surface area contributed by atoms with Crippen molar-refractivity contribution in [1.82, 2.24) is 4.98 Å². The van der Waals surface area contributed by atoms with Crippen molar-refractivity contribution in [3.63, 3.8) is 0 Å². The van der Waals surface area contributed by atoms with Gasteiger partial charge in [-0.1, -0.05) is 6.07 Å². The van der Waals surface area contributed by atoms with Crippen molar-refractivity contribution in [1.29, 1.82) is 0 Å². The molecule has 100 valence electrons. The van der Waals surface area contributed by atoms with Gasteiger partial charge in [0.1, 0.15) is 0 Å². The van der Waals surface area contributed by atoms with E-state index in [1.165, 1.54) is 26.1 Å². The van der Waals surface area contributed by atoms with Crippen LogP contribution in [0.15, 0.2) is 18.3 Å². The third-order valence-electron chi connectivity index (χ3n) is 2.31. The quantitative estimate of drug-likeness (QED) is 0.763. The van der Waals surface area contributed by atoms with Crippen molar-refractivity contribution in [2.75, 3.05) is 6.61 Å². The zero-order valence-corrected chi connectivity index (χ0v) is 10.4. The van der Waals surface area contributed by atoms with E-state index in [4.69, 9.17) is 4.74 Å². The number of esters is 1. The second-order valence-corrected chi connectivity index (χ2v) is 4.01. The molecule has 1 aromatic heterocycles. The van der Waals surface area contributed by atoms with Crippen LogP contribution in [0.25, 0.3) is 0 Å². The SMILES string of the molecule is CCOC(=O)c1ncccc1C(C)(C)OC(F)F. The van der Waals surface area contributed by atoms with Crippen LogP contribution in [0.3, 0.4) is 0 Å². The van der Waals surface area contributed by atoms with Crippen LogP contribution in [0.5, 0.6) is 0 Å². The number of aromatic nitrogens is 1. The van der Waals surface area contributed by atoms with Gasteiger partial charge in [0.05, 0.1) is 12.2 Å². The van der Waals surface area contributed by atoms with Gasteiger partial charge in [-0.3, -0.25) is 0 Å². The molecular formula is C12H15F2NO3. The van der Waals surface area contributed by atoms with Crippen LogP contribution in [-0.4, -0.2) is 24.2 Å². The van der Waals surface area contributed by atoms with Crippen LogP contribution in [0.1, 0.15) is 36.8 Å². The fourth-order valence-corrected chi connectivity index (χ4v) is 1.54. The third kappa shape index (κ3) is 3.46. The molecule has 1 heterocycles. The Hall–Kier alpha value is -1.56. The zero-order chi connectivity index (χ0) is 13.8. The topological polar surface area (TPSA) is 48.4 Å². The summed E-state index contributed by atoms with van der Waals surface area (Å²) in [5, 5.41) is 0. The van der Waals surface area contributed by atoms with Crippen molar-refractivity contribution >= 4 is 5.97 Å². The highest BCUT2D eigenvalue weighted by Crippen LogP contribution is 2.29. The molecule has 0 unspecified atom stereocenters. The summed E-state index contributed by atoms with van der Waals surface area (Å²) < 4.78 is 34.0. The number of halogens is 2. The van der Waals surface area contributed by atoms with Gasteiger partial charge in [0.15, 0.2) is 5.69 Å². The first kappa shape index (κ1) is 14.5. The van der Waals surface area contributed by atoms with Gasteiger partial charge in [-0.2, -0.15) is 8.78 Å². The summed E-state index contributed by atoms with van der Waals surface area (Å²) in [7, 11) is 0. The molecule has 0 bridgehead atoms. The predicted octanol–water partition coefficient (Wildman–Crippen LogP) is 2.73. The van der Waals surface area contributed by atoms with Gasteiger partial charge in [-0.15, -0.1) is 0 Å². The minimum atomic E-state index is -2.93. The number of ether oxygens (including phenoxy) is 2. The Balaban J connectivity index is 3.12. The molecule has 0 spiro atoms. The normalized spacial score (nSPS) is 11.7. The fourth-order valence-electron chi connectivity index (χ4n) is 1.54. The van der Waals surface area contributed by atoms with E-state index in [-0.39, 0.29) is 17.9 Å². The number of carbonyl (C=O) groups is 1. The van der Waals surface area contributed by atoms with E-state index in [2.05, 4.69) is 9.72 Å². The standard InChI is InChI=1S/C12H15F2NO3/c1-4-17-10(16)9-8(6-5-7-15-9)12(2,3)18-11(13)14/h5-7,11H,4H2,1-3H3. The van der Waals surface area contributed by atoms with Gasteiger partial charge in [0.25, 0.3) is 0 Å². The van der Waals surface area contributed by atoms with E-state index in [0.29, 0.717) is 0 Å². The lowest BCUT2D eigenvalue weighted by molar-refractivity contribution is -0.201. The molecule has 18 heavy (non-hydrogen) atoms. The summed E-state index contributed by atoms with van der Waals surface area (Å²) in [5.74, 6) is -0.654. The second-order valence-electron chi connectivity index (χ2n) is 4.01. The van der Waals surface area contributed by atoms with Gasteiger partial charge in [-0.05, 0) is 26.8 Å². The average molecular weight is 259 g/mol. The van der Waals surface area contributed by atoms with Crippen molar-refractivity contribution < 1.29 is 23.0 Å². The Morgan fingerprint density at radius 3 is 2.72 bits per heavy atom. The Morgan fingerprint density at radius 2 is 2.17 bits per heavy atom. The van der Waals surface area contributed by atoms with E-state index in [9.17, 15) is 13.6 Å². The minimum Gasteiger partial charge on any atom is -0.461 e. The molecule has 0 N–H and O–H groups in total. The van der Waals surface area contributed by atoms with E-state index < -0.39 is 18.2 Å². The summed E-state index contributed by atoms with van der Waals surface area (Å²) in [6, 6.07) is 3.07. The molecular weight excluding hydrogens is 244 g/mol. The Kier molecular flexibility index (Phi) is 4.72. The summed E-state index contributed by atoms with van der Waals surface area (Å²) in [6.07, 6.45) is 1.40. The molecule has 0 fully saturated rings. The summed E-state index contributed by atoms with van der Waals surface area (Å²) in [4.78, 5) is 15.5. The minimum absolute atomic E-state index is 0.00926. The molecule has 0 saturated heterocycles. The Morgan fingerprint density at radius 1 is 1.50 bits per heavy atom. The smallest absolute Gasteiger partial charge is 0.357 e. The Bertz CT molecular complexity index is 422. The molecule has 0 atom stereocenters. The maximum atomic E-state index is 12.3. The number of hydrogen-bond acceptors (Lipinski definition) is 4. The largest absolute Gasteiger partial charge is 0.461 e. The van der Waals surface area contributed by atoms with Crippen molar-refractivity contribution in [3.8, 4) is 0 Å². The first-order chi connectivity index (χ1) is 8.38. The fraction of sp³-hybridized carbons (Fsp3) is 0.500. The van der Waals surface area contributed by atoms with Gasteiger partial charge in [0, 0.05) is 11.8 Å². The van der Waals surface area contributed by atoms with Gasteiger partial charge in [0.2, 0.25) is 0 Å². The van der Waals surface area contributed by atoms with Gasteiger partial charge < -0.3 is 9.47 Å². The van der Waals surface area contributed by atoms with Crippen LogP contribution in [-0.2, 0) is 15.1 Å². The molecule has 0 aromatic carbocycles. The summed E-state index contributed by atoms with van der Waals surface area (Å²) in [6.45, 7) is 1.79. The number of pyridine rings is 1.